The molecule has 1 N–H and O–H groups in total. The van der Waals surface area contributed by atoms with E-state index in [0.29, 0.717) is 18.2 Å². The minimum Gasteiger partial charge on any atom is -0.492 e. The zero-order chi connectivity index (χ0) is 11.3. The monoisotopic (exact) mass is 207 g/mol. The van der Waals surface area contributed by atoms with Gasteiger partial charge in [-0.25, -0.2) is 0 Å². The molecule has 0 aromatic heterocycles. The normalized spacial score (nSPS) is 12.2. The van der Waals surface area contributed by atoms with Crippen molar-refractivity contribution in [3.8, 4) is 5.75 Å². The first kappa shape index (κ1) is 11.7. The van der Waals surface area contributed by atoms with Crippen molar-refractivity contribution in [3.05, 3.63) is 29.8 Å². The second kappa shape index (κ2) is 5.51. The molecule has 3 nitrogen and oxygen atoms in total. The van der Waals surface area contributed by atoms with E-state index in [1.165, 1.54) is 0 Å². The Balaban J connectivity index is 2.53. The van der Waals surface area contributed by atoms with E-state index in [1.807, 2.05) is 26.1 Å². The summed E-state index contributed by atoms with van der Waals surface area (Å²) in [6, 6.07) is 7.51. The Labute approximate surface area is 90.4 Å². The van der Waals surface area contributed by atoms with Crippen molar-refractivity contribution >= 4 is 5.78 Å². The SMILES string of the molecule is CN[C@H](C)COc1ccc(C(C)=O)cc1. The Morgan fingerprint density at radius 3 is 2.47 bits per heavy atom. The van der Waals surface area contributed by atoms with Crippen molar-refractivity contribution in [2.24, 2.45) is 0 Å². The van der Waals surface area contributed by atoms with Gasteiger partial charge < -0.3 is 10.1 Å². The van der Waals surface area contributed by atoms with Crippen LogP contribution < -0.4 is 10.1 Å². The molecule has 0 saturated carbocycles. The zero-order valence-corrected chi connectivity index (χ0v) is 9.41. The first-order valence-electron chi connectivity index (χ1n) is 5.04. The molecule has 82 valence electrons. The van der Waals surface area contributed by atoms with Gasteiger partial charge in [-0.3, -0.25) is 4.79 Å². The lowest BCUT2D eigenvalue weighted by Crippen LogP contribution is -2.28. The molecule has 1 aromatic rings. The number of carbonyl (C=O) groups is 1. The molecule has 0 fully saturated rings. The Morgan fingerprint density at radius 1 is 1.40 bits per heavy atom. The number of ketones is 1. The van der Waals surface area contributed by atoms with Gasteiger partial charge in [-0.05, 0) is 45.2 Å². The first-order chi connectivity index (χ1) is 7.13. The average Bonchev–Trinajstić information content (AvgIpc) is 2.26. The predicted molar refractivity (Wildman–Crippen MR) is 60.5 cm³/mol. The fourth-order valence-corrected chi connectivity index (χ4v) is 1.09. The number of benzene rings is 1. The van der Waals surface area contributed by atoms with Gasteiger partial charge >= 0.3 is 0 Å². The Morgan fingerprint density at radius 2 is 2.00 bits per heavy atom. The van der Waals surface area contributed by atoms with E-state index in [0.717, 1.165) is 5.75 Å². The van der Waals surface area contributed by atoms with Gasteiger partial charge in [0.2, 0.25) is 0 Å². The molecule has 1 aromatic carbocycles. The predicted octanol–water partition coefficient (Wildman–Crippen LogP) is 1.88. The van der Waals surface area contributed by atoms with E-state index >= 15 is 0 Å². The molecule has 0 amide bonds. The fraction of sp³-hybridized carbons (Fsp3) is 0.417. The molecule has 3 heteroatoms. The molecule has 0 aliphatic carbocycles. The van der Waals surface area contributed by atoms with Gasteiger partial charge in [0.15, 0.2) is 5.78 Å². The molecule has 0 heterocycles. The summed E-state index contributed by atoms with van der Waals surface area (Å²) in [7, 11) is 1.90. The Bertz CT molecular complexity index is 319. The highest BCUT2D eigenvalue weighted by Crippen LogP contribution is 2.12. The summed E-state index contributed by atoms with van der Waals surface area (Å²) < 4.78 is 5.52. The molecule has 1 atom stereocenters. The minimum atomic E-state index is 0.0742. The molecular weight excluding hydrogens is 190 g/mol. The van der Waals surface area contributed by atoms with Crippen LogP contribution >= 0.6 is 0 Å². The third kappa shape index (κ3) is 3.72. The maximum atomic E-state index is 11.0. The van der Waals surface area contributed by atoms with Crippen molar-refractivity contribution in [1.29, 1.82) is 0 Å². The van der Waals surface area contributed by atoms with Crippen LogP contribution in [0.5, 0.6) is 5.75 Å². The summed E-state index contributed by atoms with van der Waals surface area (Å²) in [5, 5.41) is 3.09. The van der Waals surface area contributed by atoms with Gasteiger partial charge in [0.05, 0.1) is 0 Å². The molecule has 0 spiro atoms. The van der Waals surface area contributed by atoms with E-state index in [2.05, 4.69) is 5.32 Å². The first-order valence-corrected chi connectivity index (χ1v) is 5.04. The fourth-order valence-electron chi connectivity index (χ4n) is 1.09. The van der Waals surface area contributed by atoms with E-state index in [4.69, 9.17) is 4.74 Å². The zero-order valence-electron chi connectivity index (χ0n) is 9.41. The third-order valence-corrected chi connectivity index (χ3v) is 2.25. The van der Waals surface area contributed by atoms with Crippen LogP contribution in [0.4, 0.5) is 0 Å². The highest BCUT2D eigenvalue weighted by atomic mass is 16.5. The number of hydrogen-bond donors (Lipinski definition) is 1. The van der Waals surface area contributed by atoms with Crippen LogP contribution in [0.1, 0.15) is 24.2 Å². The van der Waals surface area contributed by atoms with Crippen LogP contribution in [0, 0.1) is 0 Å². The highest BCUT2D eigenvalue weighted by Gasteiger charge is 2.01. The number of rotatable bonds is 5. The van der Waals surface area contributed by atoms with Crippen LogP contribution in [0.2, 0.25) is 0 Å². The average molecular weight is 207 g/mol. The standard InChI is InChI=1S/C12H17NO2/c1-9(13-3)8-15-12-6-4-11(5-7-12)10(2)14/h4-7,9,13H,8H2,1-3H3/t9-/m1/s1. The van der Waals surface area contributed by atoms with Gasteiger partial charge in [0, 0.05) is 11.6 Å². The van der Waals surface area contributed by atoms with E-state index in [9.17, 15) is 4.79 Å². The second-order valence-corrected chi connectivity index (χ2v) is 3.58. The summed E-state index contributed by atoms with van der Waals surface area (Å²) in [5.41, 5.74) is 0.712. The van der Waals surface area contributed by atoms with Gasteiger partial charge in [-0.15, -0.1) is 0 Å². The maximum absolute atomic E-state index is 11.0. The van der Waals surface area contributed by atoms with Crippen molar-refractivity contribution in [2.45, 2.75) is 19.9 Å². The quantitative estimate of drug-likeness (QED) is 0.749. The number of nitrogens with one attached hydrogen (secondary N) is 1. The van der Waals surface area contributed by atoms with Crippen LogP contribution in [0.3, 0.4) is 0 Å². The van der Waals surface area contributed by atoms with Crippen LogP contribution in [0.25, 0.3) is 0 Å². The topological polar surface area (TPSA) is 38.3 Å². The largest absolute Gasteiger partial charge is 0.492 e. The number of carbonyl (C=O) groups excluding carboxylic acids is 1. The Kier molecular flexibility index (Phi) is 4.31. The summed E-state index contributed by atoms with van der Waals surface area (Å²) in [6.07, 6.45) is 0. The molecule has 15 heavy (non-hydrogen) atoms. The van der Waals surface area contributed by atoms with Crippen LogP contribution in [-0.2, 0) is 0 Å². The molecular formula is C12H17NO2. The molecule has 0 saturated heterocycles. The number of likely N-dealkylation sites (N-methyl/N-ethyl adjacent to an activating group) is 1. The van der Waals surface area contributed by atoms with Crippen molar-refractivity contribution in [3.63, 3.8) is 0 Å². The molecule has 0 bridgehead atoms. The second-order valence-electron chi connectivity index (χ2n) is 3.58. The van der Waals surface area contributed by atoms with Crippen molar-refractivity contribution in [1.82, 2.24) is 5.32 Å². The summed E-state index contributed by atoms with van der Waals surface area (Å²) in [6.45, 7) is 4.22. The minimum absolute atomic E-state index is 0.0742. The third-order valence-electron chi connectivity index (χ3n) is 2.25. The Hall–Kier alpha value is -1.35. The van der Waals surface area contributed by atoms with E-state index in [1.54, 1.807) is 19.1 Å². The van der Waals surface area contributed by atoms with E-state index in [-0.39, 0.29) is 5.78 Å². The van der Waals surface area contributed by atoms with Crippen LogP contribution in [-0.4, -0.2) is 25.5 Å². The van der Waals surface area contributed by atoms with Gasteiger partial charge in [-0.2, -0.15) is 0 Å². The number of Topliss-reactive ketones (excluding diaryl/α,β-unsaturated/α-hetero) is 1. The molecule has 1 rings (SSSR count). The lowest BCUT2D eigenvalue weighted by atomic mass is 10.1. The van der Waals surface area contributed by atoms with Gasteiger partial charge in [0.25, 0.3) is 0 Å². The van der Waals surface area contributed by atoms with Crippen LogP contribution in [0.15, 0.2) is 24.3 Å². The summed E-state index contributed by atoms with van der Waals surface area (Å²) >= 11 is 0. The number of ether oxygens (including phenoxy) is 1. The van der Waals surface area contributed by atoms with Gasteiger partial charge in [0.1, 0.15) is 12.4 Å². The molecule has 0 aliphatic rings. The van der Waals surface area contributed by atoms with Crippen molar-refractivity contribution in [2.75, 3.05) is 13.7 Å². The lowest BCUT2D eigenvalue weighted by Gasteiger charge is -2.11. The summed E-state index contributed by atoms with van der Waals surface area (Å²) in [4.78, 5) is 11.0. The summed E-state index contributed by atoms with van der Waals surface area (Å²) in [5.74, 6) is 0.868. The number of hydrogen-bond acceptors (Lipinski definition) is 3. The lowest BCUT2D eigenvalue weighted by molar-refractivity contribution is 0.101. The van der Waals surface area contributed by atoms with E-state index < -0.39 is 0 Å². The maximum Gasteiger partial charge on any atom is 0.159 e. The molecule has 0 aliphatic heterocycles. The smallest absolute Gasteiger partial charge is 0.159 e. The molecule has 0 radical (unpaired) electrons. The highest BCUT2D eigenvalue weighted by molar-refractivity contribution is 5.94. The van der Waals surface area contributed by atoms with Gasteiger partial charge in [-0.1, -0.05) is 0 Å². The molecule has 0 unspecified atom stereocenters. The van der Waals surface area contributed by atoms with Crippen molar-refractivity contribution < 1.29 is 9.53 Å².